The van der Waals surface area contributed by atoms with E-state index in [1.54, 1.807) is 18.2 Å². The number of nitrogens with two attached hydrogens (primary N) is 1. The second-order valence-corrected chi connectivity index (χ2v) is 4.63. The number of ether oxygens (including phenoxy) is 1. The highest BCUT2D eigenvalue weighted by Gasteiger charge is 2.12. The fourth-order valence-electron chi connectivity index (χ4n) is 1.44. The Morgan fingerprint density at radius 1 is 1.47 bits per heavy atom. The lowest BCUT2D eigenvalue weighted by molar-refractivity contribution is -0.116. The standard InChI is InChI=1S/C13H19ClN2O2.ClH/c1-9(2)18-13-10(14)5-3-6-11(13)16-12(17)7-4-8-15;/h3,5-6,9H,4,7-8,15H2,1-2H3,(H,16,17);1H. The maximum Gasteiger partial charge on any atom is 0.224 e. The van der Waals surface area contributed by atoms with Gasteiger partial charge in [-0.1, -0.05) is 17.7 Å². The van der Waals surface area contributed by atoms with Gasteiger partial charge in [0.15, 0.2) is 5.75 Å². The second kappa shape index (κ2) is 9.02. The maximum absolute atomic E-state index is 11.7. The van der Waals surface area contributed by atoms with Crippen LogP contribution in [0.15, 0.2) is 18.2 Å². The Balaban J connectivity index is 0.00000324. The average Bonchev–Trinajstić information content (AvgIpc) is 2.30. The van der Waals surface area contributed by atoms with Crippen molar-refractivity contribution in [1.29, 1.82) is 0 Å². The molecule has 0 aliphatic carbocycles. The molecule has 6 heteroatoms. The largest absolute Gasteiger partial charge is 0.487 e. The summed E-state index contributed by atoms with van der Waals surface area (Å²) in [5.74, 6) is 0.423. The first kappa shape index (κ1) is 18.0. The molecule has 1 rings (SSSR count). The molecule has 0 saturated carbocycles. The molecule has 0 heterocycles. The minimum absolute atomic E-state index is 0. The Kier molecular flexibility index (Phi) is 8.56. The molecule has 0 fully saturated rings. The van der Waals surface area contributed by atoms with Gasteiger partial charge in [-0.05, 0) is 38.9 Å². The number of anilines is 1. The number of rotatable bonds is 6. The molecule has 0 aliphatic heterocycles. The molecule has 0 unspecified atom stereocenters. The van der Waals surface area contributed by atoms with Crippen molar-refractivity contribution in [3.05, 3.63) is 23.2 Å². The van der Waals surface area contributed by atoms with Crippen LogP contribution in [0.1, 0.15) is 26.7 Å². The molecule has 0 spiro atoms. The van der Waals surface area contributed by atoms with E-state index in [1.807, 2.05) is 13.8 Å². The van der Waals surface area contributed by atoms with Crippen LogP contribution in [0.5, 0.6) is 5.75 Å². The molecule has 1 amide bonds. The first-order valence-corrected chi connectivity index (χ1v) is 6.37. The van der Waals surface area contributed by atoms with E-state index in [1.165, 1.54) is 0 Å². The fourth-order valence-corrected chi connectivity index (χ4v) is 1.66. The molecule has 1 aromatic carbocycles. The number of halogens is 2. The molecular weight excluding hydrogens is 287 g/mol. The van der Waals surface area contributed by atoms with Gasteiger partial charge in [0.05, 0.1) is 16.8 Å². The molecule has 0 atom stereocenters. The predicted molar refractivity (Wildman–Crippen MR) is 81.4 cm³/mol. The summed E-state index contributed by atoms with van der Waals surface area (Å²) in [6, 6.07) is 5.27. The lowest BCUT2D eigenvalue weighted by atomic mass is 10.2. The van der Waals surface area contributed by atoms with Crippen LogP contribution >= 0.6 is 24.0 Å². The SMILES string of the molecule is CC(C)Oc1c(Cl)cccc1NC(=O)CCCN.Cl. The van der Waals surface area contributed by atoms with E-state index in [9.17, 15) is 4.79 Å². The lowest BCUT2D eigenvalue weighted by Gasteiger charge is -2.16. The number of hydrogen-bond acceptors (Lipinski definition) is 3. The molecular formula is C13H20Cl2N2O2. The van der Waals surface area contributed by atoms with Gasteiger partial charge < -0.3 is 15.8 Å². The van der Waals surface area contributed by atoms with Gasteiger partial charge in [-0.25, -0.2) is 0 Å². The second-order valence-electron chi connectivity index (χ2n) is 4.22. The molecule has 0 aromatic heterocycles. The summed E-state index contributed by atoms with van der Waals surface area (Å²) in [5.41, 5.74) is 5.96. The van der Waals surface area contributed by atoms with Crippen molar-refractivity contribution in [3.63, 3.8) is 0 Å². The van der Waals surface area contributed by atoms with Crippen LogP contribution in [0, 0.1) is 0 Å². The van der Waals surface area contributed by atoms with Gasteiger partial charge in [0, 0.05) is 6.42 Å². The summed E-state index contributed by atoms with van der Waals surface area (Å²) in [5, 5.41) is 3.27. The van der Waals surface area contributed by atoms with Crippen LogP contribution in [0.2, 0.25) is 5.02 Å². The van der Waals surface area contributed by atoms with Crippen LogP contribution in [0.25, 0.3) is 0 Å². The normalized spacial score (nSPS) is 9.95. The van der Waals surface area contributed by atoms with Gasteiger partial charge in [0.1, 0.15) is 0 Å². The Morgan fingerprint density at radius 2 is 2.16 bits per heavy atom. The van der Waals surface area contributed by atoms with Crippen LogP contribution < -0.4 is 15.8 Å². The van der Waals surface area contributed by atoms with E-state index in [-0.39, 0.29) is 24.4 Å². The van der Waals surface area contributed by atoms with Gasteiger partial charge >= 0.3 is 0 Å². The topological polar surface area (TPSA) is 64.3 Å². The highest BCUT2D eigenvalue weighted by Crippen LogP contribution is 2.33. The molecule has 1 aromatic rings. The van der Waals surface area contributed by atoms with Crippen molar-refractivity contribution in [2.75, 3.05) is 11.9 Å². The Bertz CT molecular complexity index is 412. The molecule has 19 heavy (non-hydrogen) atoms. The molecule has 3 N–H and O–H groups in total. The highest BCUT2D eigenvalue weighted by molar-refractivity contribution is 6.32. The Labute approximate surface area is 125 Å². The Hall–Kier alpha value is -0.970. The van der Waals surface area contributed by atoms with Gasteiger partial charge in [0.25, 0.3) is 0 Å². The van der Waals surface area contributed by atoms with E-state index in [0.29, 0.717) is 35.8 Å². The van der Waals surface area contributed by atoms with E-state index < -0.39 is 0 Å². The van der Waals surface area contributed by atoms with Crippen molar-refractivity contribution in [2.45, 2.75) is 32.8 Å². The molecule has 0 bridgehead atoms. The summed E-state index contributed by atoms with van der Waals surface area (Å²) in [4.78, 5) is 11.7. The van der Waals surface area contributed by atoms with Crippen LogP contribution in [-0.4, -0.2) is 18.6 Å². The number of nitrogens with one attached hydrogen (secondary N) is 1. The molecule has 0 aliphatic rings. The zero-order valence-corrected chi connectivity index (χ0v) is 12.7. The van der Waals surface area contributed by atoms with Gasteiger partial charge in [0.2, 0.25) is 5.91 Å². The van der Waals surface area contributed by atoms with Gasteiger partial charge in [-0.2, -0.15) is 0 Å². The zero-order chi connectivity index (χ0) is 13.5. The van der Waals surface area contributed by atoms with Crippen molar-refractivity contribution in [3.8, 4) is 5.75 Å². The third-order valence-corrected chi connectivity index (χ3v) is 2.50. The minimum Gasteiger partial charge on any atom is -0.487 e. The Morgan fingerprint density at radius 3 is 2.74 bits per heavy atom. The number of carbonyl (C=O) groups is 1. The molecule has 108 valence electrons. The lowest BCUT2D eigenvalue weighted by Crippen LogP contribution is -2.15. The van der Waals surface area contributed by atoms with E-state index in [0.717, 1.165) is 0 Å². The monoisotopic (exact) mass is 306 g/mol. The first-order valence-electron chi connectivity index (χ1n) is 5.99. The van der Waals surface area contributed by atoms with Gasteiger partial charge in [-0.15, -0.1) is 12.4 Å². The number of amides is 1. The third-order valence-electron chi connectivity index (χ3n) is 2.20. The first-order chi connectivity index (χ1) is 8.54. The average molecular weight is 307 g/mol. The zero-order valence-electron chi connectivity index (χ0n) is 11.1. The number of para-hydroxylation sites is 1. The molecule has 0 saturated heterocycles. The summed E-state index contributed by atoms with van der Waals surface area (Å²) in [6.45, 7) is 4.31. The maximum atomic E-state index is 11.7. The van der Waals surface area contributed by atoms with Crippen molar-refractivity contribution in [2.24, 2.45) is 5.73 Å². The van der Waals surface area contributed by atoms with Crippen molar-refractivity contribution < 1.29 is 9.53 Å². The van der Waals surface area contributed by atoms with Crippen molar-refractivity contribution >= 4 is 35.6 Å². The molecule has 0 radical (unpaired) electrons. The smallest absolute Gasteiger partial charge is 0.224 e. The van der Waals surface area contributed by atoms with E-state index >= 15 is 0 Å². The summed E-state index contributed by atoms with van der Waals surface area (Å²) in [7, 11) is 0. The number of carbonyl (C=O) groups excluding carboxylic acids is 1. The van der Waals surface area contributed by atoms with Crippen LogP contribution in [-0.2, 0) is 4.79 Å². The number of hydrogen-bond donors (Lipinski definition) is 2. The third kappa shape index (κ3) is 6.14. The minimum atomic E-state index is -0.0867. The van der Waals surface area contributed by atoms with Crippen molar-refractivity contribution in [1.82, 2.24) is 0 Å². The highest BCUT2D eigenvalue weighted by atomic mass is 35.5. The van der Waals surface area contributed by atoms with E-state index in [4.69, 9.17) is 22.1 Å². The quantitative estimate of drug-likeness (QED) is 0.848. The summed E-state index contributed by atoms with van der Waals surface area (Å²) in [6.07, 6.45) is 1.04. The van der Waals surface area contributed by atoms with Gasteiger partial charge in [-0.3, -0.25) is 4.79 Å². The predicted octanol–water partition coefficient (Wildman–Crippen LogP) is 3.23. The summed E-state index contributed by atoms with van der Waals surface area (Å²) >= 11 is 6.06. The van der Waals surface area contributed by atoms with Crippen LogP contribution in [0.4, 0.5) is 5.69 Å². The van der Waals surface area contributed by atoms with E-state index in [2.05, 4.69) is 5.32 Å². The fraction of sp³-hybridized carbons (Fsp3) is 0.462. The summed E-state index contributed by atoms with van der Waals surface area (Å²) < 4.78 is 5.61. The molecule has 4 nitrogen and oxygen atoms in total. The number of benzene rings is 1. The van der Waals surface area contributed by atoms with Crippen LogP contribution in [0.3, 0.4) is 0 Å².